The van der Waals surface area contributed by atoms with E-state index in [-0.39, 0.29) is 5.78 Å². The molecule has 0 saturated heterocycles. The van der Waals surface area contributed by atoms with Gasteiger partial charge in [-0.3, -0.25) is 4.79 Å². The van der Waals surface area contributed by atoms with Crippen LogP contribution in [0.4, 0.5) is 0 Å². The zero-order valence-electron chi connectivity index (χ0n) is 10.3. The van der Waals surface area contributed by atoms with Crippen molar-refractivity contribution < 1.29 is 4.79 Å². The number of ketones is 1. The number of aromatic nitrogens is 1. The predicted octanol–water partition coefficient (Wildman–Crippen LogP) is 3.55. The number of thiazole rings is 1. The summed E-state index contributed by atoms with van der Waals surface area (Å²) in [7, 11) is 0. The number of hydrogen-bond donors (Lipinski definition) is 0. The molecule has 1 aromatic carbocycles. The Labute approximate surface area is 105 Å². The van der Waals surface area contributed by atoms with Gasteiger partial charge in [0.15, 0.2) is 5.78 Å². The van der Waals surface area contributed by atoms with E-state index in [9.17, 15) is 4.79 Å². The third-order valence-electron chi connectivity index (χ3n) is 2.75. The van der Waals surface area contributed by atoms with Crippen LogP contribution >= 0.6 is 11.3 Å². The quantitative estimate of drug-likeness (QED) is 0.774. The third-order valence-corrected chi connectivity index (χ3v) is 3.60. The Balaban J connectivity index is 2.22. The minimum Gasteiger partial charge on any atom is -0.293 e. The zero-order valence-corrected chi connectivity index (χ0v) is 11.1. The van der Waals surface area contributed by atoms with Crippen LogP contribution in [0.15, 0.2) is 23.6 Å². The normalized spacial score (nSPS) is 10.5. The van der Waals surface area contributed by atoms with Crippen LogP contribution in [-0.2, 0) is 6.42 Å². The number of carbonyl (C=O) groups excluding carboxylic acids is 1. The Morgan fingerprint density at radius 3 is 2.71 bits per heavy atom. The van der Waals surface area contributed by atoms with Crippen LogP contribution in [0.2, 0.25) is 0 Å². The summed E-state index contributed by atoms with van der Waals surface area (Å²) in [5.74, 6) is 0.0353. The van der Waals surface area contributed by atoms with Crippen LogP contribution in [0.5, 0.6) is 0 Å². The molecular weight excluding hydrogens is 230 g/mol. The highest BCUT2D eigenvalue weighted by atomic mass is 32.1. The molecule has 0 N–H and O–H groups in total. The number of hydrogen-bond acceptors (Lipinski definition) is 3. The van der Waals surface area contributed by atoms with Crippen LogP contribution in [0, 0.1) is 13.8 Å². The minimum atomic E-state index is 0.0353. The van der Waals surface area contributed by atoms with Gasteiger partial charge in [-0.1, -0.05) is 23.8 Å². The number of carbonyl (C=O) groups is 1. The topological polar surface area (TPSA) is 30.0 Å². The summed E-state index contributed by atoms with van der Waals surface area (Å²) in [5, 5.41) is 2.84. The van der Waals surface area contributed by atoms with Gasteiger partial charge >= 0.3 is 0 Å². The molecule has 0 aliphatic carbocycles. The molecule has 0 radical (unpaired) electrons. The van der Waals surface area contributed by atoms with Gasteiger partial charge in [0.05, 0.1) is 5.01 Å². The number of Topliss-reactive ketones (excluding diaryl/α,β-unsaturated/α-hetero) is 1. The third kappa shape index (κ3) is 2.80. The summed E-state index contributed by atoms with van der Waals surface area (Å²) < 4.78 is 0. The van der Waals surface area contributed by atoms with Gasteiger partial charge in [0, 0.05) is 18.7 Å². The second-order valence-electron chi connectivity index (χ2n) is 4.29. The fourth-order valence-corrected chi connectivity index (χ4v) is 2.62. The molecular formula is C14H15NOS. The Kier molecular flexibility index (Phi) is 3.38. The summed E-state index contributed by atoms with van der Waals surface area (Å²) in [5.41, 5.74) is 4.41. The Morgan fingerprint density at radius 2 is 2.12 bits per heavy atom. The second kappa shape index (κ2) is 4.80. The predicted molar refractivity (Wildman–Crippen MR) is 70.8 cm³/mol. The van der Waals surface area contributed by atoms with Crippen molar-refractivity contribution in [3.63, 3.8) is 0 Å². The van der Waals surface area contributed by atoms with Crippen LogP contribution in [0.25, 0.3) is 0 Å². The molecule has 2 nitrogen and oxygen atoms in total. The fourth-order valence-electron chi connectivity index (χ4n) is 1.76. The van der Waals surface area contributed by atoms with E-state index in [0.29, 0.717) is 5.69 Å². The van der Waals surface area contributed by atoms with Crippen LogP contribution in [-0.4, -0.2) is 10.8 Å². The maximum absolute atomic E-state index is 11.2. The molecule has 88 valence electrons. The molecule has 2 aromatic rings. The Morgan fingerprint density at radius 1 is 1.35 bits per heavy atom. The molecule has 0 amide bonds. The second-order valence-corrected chi connectivity index (χ2v) is 5.23. The van der Waals surface area contributed by atoms with E-state index in [4.69, 9.17) is 0 Å². The summed E-state index contributed by atoms with van der Waals surface area (Å²) in [6, 6.07) is 6.43. The van der Waals surface area contributed by atoms with Crippen molar-refractivity contribution in [2.24, 2.45) is 0 Å². The van der Waals surface area contributed by atoms with E-state index >= 15 is 0 Å². The number of rotatable bonds is 3. The molecule has 0 aliphatic heterocycles. The first-order valence-electron chi connectivity index (χ1n) is 5.57. The number of benzene rings is 1. The Hall–Kier alpha value is -1.48. The van der Waals surface area contributed by atoms with Gasteiger partial charge < -0.3 is 0 Å². The first-order valence-corrected chi connectivity index (χ1v) is 6.45. The summed E-state index contributed by atoms with van der Waals surface area (Å²) in [6.45, 7) is 5.76. The molecule has 0 fully saturated rings. The molecule has 17 heavy (non-hydrogen) atoms. The van der Waals surface area contributed by atoms with E-state index in [0.717, 1.165) is 11.4 Å². The average Bonchev–Trinajstić information content (AvgIpc) is 2.71. The van der Waals surface area contributed by atoms with Gasteiger partial charge in [-0.05, 0) is 25.0 Å². The highest BCUT2D eigenvalue weighted by Crippen LogP contribution is 2.18. The van der Waals surface area contributed by atoms with Crippen molar-refractivity contribution in [3.8, 4) is 0 Å². The SMILES string of the molecule is CC(=O)c1csc(Cc2ccc(C)cc2C)n1. The summed E-state index contributed by atoms with van der Waals surface area (Å²) >= 11 is 1.55. The zero-order chi connectivity index (χ0) is 12.4. The number of nitrogens with zero attached hydrogens (tertiary/aromatic N) is 1. The molecule has 0 bridgehead atoms. The molecule has 1 aromatic heterocycles. The maximum atomic E-state index is 11.2. The maximum Gasteiger partial charge on any atom is 0.178 e. The lowest BCUT2D eigenvalue weighted by Crippen LogP contribution is -1.95. The monoisotopic (exact) mass is 245 g/mol. The molecule has 0 aliphatic rings. The van der Waals surface area contributed by atoms with Gasteiger partial charge in [0.2, 0.25) is 0 Å². The molecule has 1 heterocycles. The summed E-state index contributed by atoms with van der Waals surface area (Å²) in [4.78, 5) is 15.5. The molecule has 0 atom stereocenters. The lowest BCUT2D eigenvalue weighted by atomic mass is 10.0. The van der Waals surface area contributed by atoms with Gasteiger partial charge in [0.1, 0.15) is 5.69 Å². The van der Waals surface area contributed by atoms with Crippen molar-refractivity contribution in [1.82, 2.24) is 4.98 Å². The Bertz CT molecular complexity index is 557. The van der Waals surface area contributed by atoms with Gasteiger partial charge in [-0.2, -0.15) is 0 Å². The van der Waals surface area contributed by atoms with Gasteiger partial charge in [-0.25, -0.2) is 4.98 Å². The number of aryl methyl sites for hydroxylation is 2. The van der Waals surface area contributed by atoms with Crippen LogP contribution in [0.1, 0.15) is 39.1 Å². The first kappa shape index (κ1) is 12.0. The van der Waals surface area contributed by atoms with Crippen LogP contribution in [0.3, 0.4) is 0 Å². The standard InChI is InChI=1S/C14H15NOS/c1-9-4-5-12(10(2)6-9)7-14-15-13(8-17-14)11(3)16/h4-6,8H,7H2,1-3H3. The molecule has 3 heteroatoms. The largest absolute Gasteiger partial charge is 0.293 e. The summed E-state index contributed by atoms with van der Waals surface area (Å²) in [6.07, 6.45) is 0.810. The van der Waals surface area contributed by atoms with E-state index in [1.807, 2.05) is 5.38 Å². The molecule has 0 spiro atoms. The van der Waals surface area contributed by atoms with Crippen LogP contribution < -0.4 is 0 Å². The van der Waals surface area contributed by atoms with E-state index in [2.05, 4.69) is 37.0 Å². The molecule has 0 unspecified atom stereocenters. The van der Waals surface area contributed by atoms with Crippen molar-refractivity contribution >= 4 is 17.1 Å². The lowest BCUT2D eigenvalue weighted by Gasteiger charge is -2.04. The van der Waals surface area contributed by atoms with E-state index in [1.165, 1.54) is 16.7 Å². The highest BCUT2D eigenvalue weighted by molar-refractivity contribution is 7.09. The molecule has 2 rings (SSSR count). The smallest absolute Gasteiger partial charge is 0.178 e. The minimum absolute atomic E-state index is 0.0353. The molecule has 0 saturated carbocycles. The van der Waals surface area contributed by atoms with Gasteiger partial charge in [0.25, 0.3) is 0 Å². The van der Waals surface area contributed by atoms with E-state index < -0.39 is 0 Å². The average molecular weight is 245 g/mol. The first-order chi connectivity index (χ1) is 8.06. The van der Waals surface area contributed by atoms with Crippen molar-refractivity contribution in [2.45, 2.75) is 27.2 Å². The van der Waals surface area contributed by atoms with Crippen molar-refractivity contribution in [2.75, 3.05) is 0 Å². The van der Waals surface area contributed by atoms with Crippen molar-refractivity contribution in [1.29, 1.82) is 0 Å². The van der Waals surface area contributed by atoms with Crippen molar-refractivity contribution in [3.05, 3.63) is 51.0 Å². The van der Waals surface area contributed by atoms with E-state index in [1.54, 1.807) is 18.3 Å². The lowest BCUT2D eigenvalue weighted by molar-refractivity contribution is 0.101. The highest BCUT2D eigenvalue weighted by Gasteiger charge is 2.07. The van der Waals surface area contributed by atoms with Gasteiger partial charge in [-0.15, -0.1) is 11.3 Å². The fraction of sp³-hybridized carbons (Fsp3) is 0.286.